The Labute approximate surface area is 190 Å². The smallest absolute Gasteiger partial charge is 0.123 e. The van der Waals surface area contributed by atoms with Gasteiger partial charge in [0.2, 0.25) is 0 Å². The predicted molar refractivity (Wildman–Crippen MR) is 130 cm³/mol. The van der Waals surface area contributed by atoms with Crippen molar-refractivity contribution in [2.45, 2.75) is 40.2 Å². The normalized spacial score (nSPS) is 14.3. The Morgan fingerprint density at radius 1 is 0.781 bits per heavy atom. The fourth-order valence-corrected chi connectivity index (χ4v) is 4.60. The van der Waals surface area contributed by atoms with Crippen molar-refractivity contribution >= 4 is 0 Å². The Bertz CT molecular complexity index is 1180. The summed E-state index contributed by atoms with van der Waals surface area (Å²) in [6.45, 7) is 9.21. The molecular weight excluding hydrogens is 396 g/mol. The summed E-state index contributed by atoms with van der Waals surface area (Å²) < 4.78 is 11.9. The first-order valence-electron chi connectivity index (χ1n) is 10.9. The van der Waals surface area contributed by atoms with Crippen LogP contribution in [-0.4, -0.2) is 12.2 Å². The molecule has 1 aliphatic carbocycles. The first kappa shape index (κ1) is 21.8. The third kappa shape index (κ3) is 3.91. The number of phenolic OH excluding ortho intramolecular Hbond substituents is 1. The number of hydrogen-bond acceptors (Lipinski definition) is 3. The lowest BCUT2D eigenvalue weighted by molar-refractivity contribution is 0.306. The first-order valence-corrected chi connectivity index (χ1v) is 10.9. The Hall–Kier alpha value is -3.46. The van der Waals surface area contributed by atoms with E-state index in [0.29, 0.717) is 12.4 Å². The molecule has 3 aromatic rings. The zero-order chi connectivity index (χ0) is 22.8. The van der Waals surface area contributed by atoms with Crippen LogP contribution < -0.4 is 9.47 Å². The monoisotopic (exact) mass is 426 g/mol. The van der Waals surface area contributed by atoms with Crippen molar-refractivity contribution in [1.82, 2.24) is 0 Å². The number of ether oxygens (including phenoxy) is 2. The van der Waals surface area contributed by atoms with Crippen molar-refractivity contribution in [2.75, 3.05) is 7.11 Å². The molecule has 164 valence electrons. The average Bonchev–Trinajstić information content (AvgIpc) is 3.01. The van der Waals surface area contributed by atoms with Gasteiger partial charge in [0.1, 0.15) is 23.9 Å². The summed E-state index contributed by atoms with van der Waals surface area (Å²) >= 11 is 0. The van der Waals surface area contributed by atoms with Crippen LogP contribution in [0, 0.1) is 0 Å². The van der Waals surface area contributed by atoms with Gasteiger partial charge >= 0.3 is 0 Å². The van der Waals surface area contributed by atoms with Gasteiger partial charge in [-0.3, -0.25) is 0 Å². The van der Waals surface area contributed by atoms with E-state index in [4.69, 9.17) is 9.47 Å². The molecule has 0 saturated heterocycles. The maximum Gasteiger partial charge on any atom is 0.123 e. The van der Waals surface area contributed by atoms with Crippen LogP contribution in [0.4, 0.5) is 0 Å². The molecule has 0 aliphatic heterocycles. The van der Waals surface area contributed by atoms with Gasteiger partial charge in [0, 0.05) is 17.0 Å². The molecule has 0 aromatic heterocycles. The number of hydrogen-bond donors (Lipinski definition) is 1. The van der Waals surface area contributed by atoms with E-state index in [2.05, 4.69) is 33.8 Å². The lowest BCUT2D eigenvalue weighted by Crippen LogP contribution is -2.05. The van der Waals surface area contributed by atoms with Crippen molar-refractivity contribution in [2.24, 2.45) is 0 Å². The van der Waals surface area contributed by atoms with Crippen LogP contribution >= 0.6 is 0 Å². The third-order valence-electron chi connectivity index (χ3n) is 6.69. The van der Waals surface area contributed by atoms with Crippen LogP contribution in [0.25, 0.3) is 11.1 Å². The molecule has 4 rings (SSSR count). The summed E-state index contributed by atoms with van der Waals surface area (Å²) in [6, 6.07) is 21.5. The van der Waals surface area contributed by atoms with Crippen molar-refractivity contribution in [1.29, 1.82) is 0 Å². The maximum absolute atomic E-state index is 10.8. The summed E-state index contributed by atoms with van der Waals surface area (Å²) in [7, 11) is 1.70. The van der Waals surface area contributed by atoms with Crippen molar-refractivity contribution in [3.05, 3.63) is 100 Å². The fourth-order valence-electron chi connectivity index (χ4n) is 4.60. The number of phenols is 1. The van der Waals surface area contributed by atoms with Gasteiger partial charge in [-0.1, -0.05) is 53.6 Å². The summed E-state index contributed by atoms with van der Waals surface area (Å²) in [4.78, 5) is 0. The molecule has 32 heavy (non-hydrogen) atoms. The Balaban J connectivity index is 1.79. The number of allylic oxidation sites excluding steroid dienone is 4. The minimum absolute atomic E-state index is 0.120. The Morgan fingerprint density at radius 2 is 1.47 bits per heavy atom. The van der Waals surface area contributed by atoms with Crippen LogP contribution in [0.3, 0.4) is 0 Å². The van der Waals surface area contributed by atoms with E-state index in [-0.39, 0.29) is 11.7 Å². The molecule has 1 aliphatic rings. The SMILES string of the molecule is COc1cccc(-c2cc(OCc3ccccc3)ccc2O)c1C1C(C)=C(C)C(C)=C1C. The highest BCUT2D eigenvalue weighted by atomic mass is 16.5. The van der Waals surface area contributed by atoms with E-state index in [9.17, 15) is 5.11 Å². The quantitative estimate of drug-likeness (QED) is 0.446. The summed E-state index contributed by atoms with van der Waals surface area (Å²) in [6.07, 6.45) is 0. The molecular formula is C29H30O3. The maximum atomic E-state index is 10.8. The third-order valence-corrected chi connectivity index (χ3v) is 6.69. The van der Waals surface area contributed by atoms with Gasteiger partial charge in [0.25, 0.3) is 0 Å². The van der Waals surface area contributed by atoms with Crippen molar-refractivity contribution in [3.8, 4) is 28.4 Å². The molecule has 0 radical (unpaired) electrons. The minimum atomic E-state index is 0.120. The van der Waals surface area contributed by atoms with E-state index < -0.39 is 0 Å². The van der Waals surface area contributed by atoms with Gasteiger partial charge in [0.15, 0.2) is 0 Å². The number of aromatic hydroxyl groups is 1. The molecule has 0 heterocycles. The second-order valence-electron chi connectivity index (χ2n) is 8.42. The first-order chi connectivity index (χ1) is 15.4. The molecule has 3 aromatic carbocycles. The van der Waals surface area contributed by atoms with E-state index in [1.807, 2.05) is 54.6 Å². The molecule has 0 atom stereocenters. The Morgan fingerprint density at radius 3 is 2.12 bits per heavy atom. The van der Waals surface area contributed by atoms with Crippen LogP contribution in [0.1, 0.15) is 44.7 Å². The number of methoxy groups -OCH3 is 1. The van der Waals surface area contributed by atoms with Crippen LogP contribution in [-0.2, 0) is 6.61 Å². The molecule has 0 saturated carbocycles. The van der Waals surface area contributed by atoms with Gasteiger partial charge in [-0.05, 0) is 74.2 Å². The summed E-state index contributed by atoms with van der Waals surface area (Å²) in [5.41, 5.74) is 9.18. The van der Waals surface area contributed by atoms with Gasteiger partial charge in [-0.25, -0.2) is 0 Å². The highest BCUT2D eigenvalue weighted by molar-refractivity contribution is 5.79. The molecule has 0 unspecified atom stereocenters. The lowest BCUT2D eigenvalue weighted by Gasteiger charge is -2.23. The average molecular weight is 427 g/mol. The summed E-state index contributed by atoms with van der Waals surface area (Å²) in [5.74, 6) is 1.88. The fraction of sp³-hybridized carbons (Fsp3) is 0.241. The second-order valence-corrected chi connectivity index (χ2v) is 8.42. The number of benzene rings is 3. The van der Waals surface area contributed by atoms with E-state index >= 15 is 0 Å². The largest absolute Gasteiger partial charge is 0.507 e. The highest BCUT2D eigenvalue weighted by Gasteiger charge is 2.31. The van der Waals surface area contributed by atoms with Gasteiger partial charge in [-0.15, -0.1) is 0 Å². The summed E-state index contributed by atoms with van der Waals surface area (Å²) in [5, 5.41) is 10.8. The molecule has 0 amide bonds. The Kier molecular flexibility index (Phi) is 6.09. The molecule has 3 heteroatoms. The van der Waals surface area contributed by atoms with Crippen LogP contribution in [0.5, 0.6) is 17.2 Å². The lowest BCUT2D eigenvalue weighted by atomic mass is 9.83. The molecule has 3 nitrogen and oxygen atoms in total. The van der Waals surface area contributed by atoms with E-state index in [1.165, 1.54) is 22.3 Å². The van der Waals surface area contributed by atoms with Crippen LogP contribution in [0.15, 0.2) is 89.0 Å². The minimum Gasteiger partial charge on any atom is -0.507 e. The van der Waals surface area contributed by atoms with Crippen molar-refractivity contribution in [3.63, 3.8) is 0 Å². The number of rotatable bonds is 6. The van der Waals surface area contributed by atoms with Gasteiger partial charge in [0.05, 0.1) is 7.11 Å². The van der Waals surface area contributed by atoms with E-state index in [1.54, 1.807) is 13.2 Å². The standard InChI is InChI=1S/C29H30O3/c1-18-19(2)21(4)28(20(18)3)29-24(12-9-13-27(29)31-5)25-16-23(14-15-26(25)30)32-17-22-10-7-6-8-11-22/h6-16,28,30H,17H2,1-5H3. The molecule has 0 spiro atoms. The zero-order valence-corrected chi connectivity index (χ0v) is 19.4. The van der Waals surface area contributed by atoms with E-state index in [0.717, 1.165) is 28.0 Å². The predicted octanol–water partition coefficient (Wildman–Crippen LogP) is 7.42. The van der Waals surface area contributed by atoms with Crippen LogP contribution in [0.2, 0.25) is 0 Å². The topological polar surface area (TPSA) is 38.7 Å². The van der Waals surface area contributed by atoms with Gasteiger partial charge in [-0.2, -0.15) is 0 Å². The van der Waals surface area contributed by atoms with Crippen molar-refractivity contribution < 1.29 is 14.6 Å². The molecule has 1 N–H and O–H groups in total. The highest BCUT2D eigenvalue weighted by Crippen LogP contribution is 2.50. The zero-order valence-electron chi connectivity index (χ0n) is 19.4. The van der Waals surface area contributed by atoms with Gasteiger partial charge < -0.3 is 14.6 Å². The second kappa shape index (κ2) is 8.96. The molecule has 0 bridgehead atoms. The molecule has 0 fully saturated rings.